The molecule has 106 valence electrons. The van der Waals surface area contributed by atoms with Gasteiger partial charge in [-0.15, -0.1) is 11.3 Å². The Bertz CT molecular complexity index is 630. The molecule has 0 saturated heterocycles. The van der Waals surface area contributed by atoms with Crippen molar-refractivity contribution in [1.29, 1.82) is 0 Å². The molecule has 2 heterocycles. The lowest BCUT2D eigenvalue weighted by Gasteiger charge is -2.12. The summed E-state index contributed by atoms with van der Waals surface area (Å²) in [6, 6.07) is 1.55. The second kappa shape index (κ2) is 5.66. The van der Waals surface area contributed by atoms with Gasteiger partial charge in [-0.25, -0.2) is 15.0 Å². The molecule has 0 aliphatic heterocycles. The molecule has 0 bridgehead atoms. The van der Waals surface area contributed by atoms with Gasteiger partial charge in [-0.2, -0.15) is 0 Å². The summed E-state index contributed by atoms with van der Waals surface area (Å²) in [5.41, 5.74) is 2.10. The standard InChI is InChI=1S/C14H18N4OS/c1-7-6-12(17-10(4)15-7)14(19)16-8(2)13-9(3)20-11(5)18-13/h6,8H,1-5H3,(H,16,19). The summed E-state index contributed by atoms with van der Waals surface area (Å²) in [4.78, 5) is 26.2. The lowest BCUT2D eigenvalue weighted by Crippen LogP contribution is -2.28. The van der Waals surface area contributed by atoms with Crippen molar-refractivity contribution in [2.24, 2.45) is 0 Å². The van der Waals surface area contributed by atoms with Crippen LogP contribution in [0.1, 0.15) is 50.6 Å². The van der Waals surface area contributed by atoms with Crippen molar-refractivity contribution < 1.29 is 4.79 Å². The van der Waals surface area contributed by atoms with Gasteiger partial charge in [0.15, 0.2) is 0 Å². The Morgan fingerprint density at radius 3 is 2.45 bits per heavy atom. The maximum atomic E-state index is 12.2. The van der Waals surface area contributed by atoms with Crippen molar-refractivity contribution in [1.82, 2.24) is 20.3 Å². The van der Waals surface area contributed by atoms with Gasteiger partial charge < -0.3 is 5.32 Å². The monoisotopic (exact) mass is 290 g/mol. The molecule has 1 atom stereocenters. The molecule has 0 fully saturated rings. The van der Waals surface area contributed by atoms with E-state index in [2.05, 4.69) is 20.3 Å². The molecule has 0 aliphatic rings. The van der Waals surface area contributed by atoms with E-state index in [-0.39, 0.29) is 11.9 Å². The second-order valence-electron chi connectivity index (χ2n) is 4.81. The number of carbonyl (C=O) groups is 1. The van der Waals surface area contributed by atoms with Crippen LogP contribution in [0.2, 0.25) is 0 Å². The third kappa shape index (κ3) is 3.19. The molecule has 20 heavy (non-hydrogen) atoms. The predicted octanol–water partition coefficient (Wildman–Crippen LogP) is 2.66. The first-order chi connectivity index (χ1) is 9.36. The van der Waals surface area contributed by atoms with E-state index in [9.17, 15) is 4.79 Å². The van der Waals surface area contributed by atoms with Gasteiger partial charge in [0.25, 0.3) is 5.91 Å². The van der Waals surface area contributed by atoms with E-state index in [0.29, 0.717) is 11.5 Å². The Kier molecular flexibility index (Phi) is 4.13. The number of thiazole rings is 1. The lowest BCUT2D eigenvalue weighted by atomic mass is 10.2. The van der Waals surface area contributed by atoms with Crippen LogP contribution in [0.5, 0.6) is 0 Å². The number of carbonyl (C=O) groups excluding carboxylic acids is 1. The molecule has 5 nitrogen and oxygen atoms in total. The Labute approximate surface area is 122 Å². The minimum Gasteiger partial charge on any atom is -0.343 e. The molecule has 0 saturated carbocycles. The van der Waals surface area contributed by atoms with Crippen molar-refractivity contribution in [2.45, 2.75) is 40.7 Å². The van der Waals surface area contributed by atoms with Gasteiger partial charge in [-0.3, -0.25) is 4.79 Å². The zero-order chi connectivity index (χ0) is 14.9. The quantitative estimate of drug-likeness (QED) is 0.943. The van der Waals surface area contributed by atoms with Crippen LogP contribution in [0.15, 0.2) is 6.07 Å². The number of aromatic nitrogens is 3. The summed E-state index contributed by atoms with van der Waals surface area (Å²) in [5, 5.41) is 3.94. The molecular formula is C14H18N4OS. The van der Waals surface area contributed by atoms with Crippen LogP contribution in [0.3, 0.4) is 0 Å². The summed E-state index contributed by atoms with van der Waals surface area (Å²) in [7, 11) is 0. The molecule has 0 spiro atoms. The number of hydrogen-bond acceptors (Lipinski definition) is 5. The van der Waals surface area contributed by atoms with Gasteiger partial charge in [-0.05, 0) is 40.7 Å². The zero-order valence-corrected chi connectivity index (χ0v) is 13.1. The normalized spacial score (nSPS) is 12.2. The van der Waals surface area contributed by atoms with Gasteiger partial charge in [0.1, 0.15) is 11.5 Å². The Hall–Kier alpha value is -1.82. The van der Waals surface area contributed by atoms with Gasteiger partial charge >= 0.3 is 0 Å². The fourth-order valence-corrected chi connectivity index (χ4v) is 3.03. The smallest absolute Gasteiger partial charge is 0.270 e. The van der Waals surface area contributed by atoms with Crippen molar-refractivity contribution in [3.63, 3.8) is 0 Å². The molecule has 0 aliphatic carbocycles. The first kappa shape index (κ1) is 14.6. The summed E-state index contributed by atoms with van der Waals surface area (Å²) in [6.07, 6.45) is 0. The van der Waals surface area contributed by atoms with Crippen molar-refractivity contribution >= 4 is 17.2 Å². The van der Waals surface area contributed by atoms with E-state index in [4.69, 9.17) is 0 Å². The molecule has 6 heteroatoms. The van der Waals surface area contributed by atoms with Crippen LogP contribution < -0.4 is 5.32 Å². The van der Waals surface area contributed by atoms with Crippen LogP contribution in [0, 0.1) is 27.7 Å². The first-order valence-electron chi connectivity index (χ1n) is 6.44. The molecule has 2 rings (SSSR count). The Balaban J connectivity index is 2.17. The largest absolute Gasteiger partial charge is 0.343 e. The molecule has 1 unspecified atom stereocenters. The van der Waals surface area contributed by atoms with Gasteiger partial charge in [-0.1, -0.05) is 0 Å². The summed E-state index contributed by atoms with van der Waals surface area (Å²) in [5.74, 6) is 0.402. The SMILES string of the molecule is Cc1cc(C(=O)NC(C)c2nc(C)sc2C)nc(C)n1. The highest BCUT2D eigenvalue weighted by Gasteiger charge is 2.17. The van der Waals surface area contributed by atoms with Crippen LogP contribution in [-0.4, -0.2) is 20.9 Å². The van der Waals surface area contributed by atoms with E-state index in [1.54, 1.807) is 24.3 Å². The summed E-state index contributed by atoms with van der Waals surface area (Å²) < 4.78 is 0. The van der Waals surface area contributed by atoms with E-state index >= 15 is 0 Å². The van der Waals surface area contributed by atoms with Gasteiger partial charge in [0, 0.05) is 10.6 Å². The van der Waals surface area contributed by atoms with Gasteiger partial charge in [0.2, 0.25) is 0 Å². The highest BCUT2D eigenvalue weighted by atomic mass is 32.1. The molecule has 0 radical (unpaired) electrons. The van der Waals surface area contributed by atoms with E-state index in [1.807, 2.05) is 27.7 Å². The lowest BCUT2D eigenvalue weighted by molar-refractivity contribution is 0.0933. The zero-order valence-electron chi connectivity index (χ0n) is 12.3. The second-order valence-corrected chi connectivity index (χ2v) is 6.22. The third-order valence-corrected chi connectivity index (χ3v) is 3.80. The predicted molar refractivity (Wildman–Crippen MR) is 79.0 cm³/mol. The number of aryl methyl sites for hydroxylation is 4. The molecule has 1 amide bonds. The van der Waals surface area contributed by atoms with Crippen LogP contribution in [0.25, 0.3) is 0 Å². The van der Waals surface area contributed by atoms with E-state index in [0.717, 1.165) is 21.3 Å². The number of hydrogen-bond donors (Lipinski definition) is 1. The maximum Gasteiger partial charge on any atom is 0.270 e. The fourth-order valence-electron chi connectivity index (χ4n) is 2.12. The summed E-state index contributed by atoms with van der Waals surface area (Å²) >= 11 is 1.64. The minimum absolute atomic E-state index is 0.136. The molecule has 2 aromatic heterocycles. The average Bonchev–Trinajstić information content (AvgIpc) is 2.67. The van der Waals surface area contributed by atoms with Crippen LogP contribution in [-0.2, 0) is 0 Å². The number of nitrogens with one attached hydrogen (secondary N) is 1. The van der Waals surface area contributed by atoms with Crippen molar-refractivity contribution in [3.8, 4) is 0 Å². The van der Waals surface area contributed by atoms with Crippen LogP contribution >= 0.6 is 11.3 Å². The molecule has 0 aromatic carbocycles. The minimum atomic E-state index is -0.198. The van der Waals surface area contributed by atoms with Crippen molar-refractivity contribution in [2.75, 3.05) is 0 Å². The highest BCUT2D eigenvalue weighted by molar-refractivity contribution is 7.11. The first-order valence-corrected chi connectivity index (χ1v) is 7.25. The molecule has 1 N–H and O–H groups in total. The van der Waals surface area contributed by atoms with E-state index in [1.165, 1.54) is 0 Å². The third-order valence-electron chi connectivity index (χ3n) is 2.90. The van der Waals surface area contributed by atoms with E-state index < -0.39 is 0 Å². The average molecular weight is 290 g/mol. The number of nitrogens with zero attached hydrogens (tertiary/aromatic N) is 3. The highest BCUT2D eigenvalue weighted by Crippen LogP contribution is 2.22. The molecule has 2 aromatic rings. The van der Waals surface area contributed by atoms with Gasteiger partial charge in [0.05, 0.1) is 16.7 Å². The number of amides is 1. The fraction of sp³-hybridized carbons (Fsp3) is 0.429. The maximum absolute atomic E-state index is 12.2. The van der Waals surface area contributed by atoms with Crippen LogP contribution in [0.4, 0.5) is 0 Å². The van der Waals surface area contributed by atoms with Crippen molar-refractivity contribution in [3.05, 3.63) is 38.9 Å². The topological polar surface area (TPSA) is 67.8 Å². The summed E-state index contributed by atoms with van der Waals surface area (Å²) in [6.45, 7) is 9.54. The Morgan fingerprint density at radius 1 is 1.20 bits per heavy atom. The Morgan fingerprint density at radius 2 is 1.90 bits per heavy atom. The molecular weight excluding hydrogens is 272 g/mol. The number of rotatable bonds is 3.